The lowest BCUT2D eigenvalue weighted by molar-refractivity contribution is 0.181. The maximum atomic E-state index is 5.43. The number of hydrogen-bond acceptors (Lipinski definition) is 4. The van der Waals surface area contributed by atoms with E-state index in [1.54, 1.807) is 0 Å². The molecule has 0 amide bonds. The van der Waals surface area contributed by atoms with Crippen molar-refractivity contribution in [3.05, 3.63) is 30.2 Å². The van der Waals surface area contributed by atoms with E-state index >= 15 is 0 Å². The maximum Gasteiger partial charge on any atom is 0.181 e. The standard InChI is InChI=1S/C15H21N3O/c1-18(2)15(12-4-3-7-16-9-12)11-5-6-13-14(8-11)19-10-17-13/h5-6,8,10,12,15-16H,3-4,7,9H2,1-2H3. The molecule has 102 valence electrons. The molecule has 1 fully saturated rings. The molecule has 4 heteroatoms. The first-order chi connectivity index (χ1) is 9.25. The van der Waals surface area contributed by atoms with Crippen LogP contribution in [0.5, 0.6) is 0 Å². The molecule has 0 spiro atoms. The molecule has 1 aromatic carbocycles. The molecule has 3 rings (SSSR count). The van der Waals surface area contributed by atoms with Gasteiger partial charge in [-0.25, -0.2) is 4.98 Å². The Hall–Kier alpha value is -1.39. The first-order valence-corrected chi connectivity index (χ1v) is 6.96. The third kappa shape index (κ3) is 2.51. The van der Waals surface area contributed by atoms with E-state index in [2.05, 4.69) is 47.5 Å². The minimum absolute atomic E-state index is 0.433. The van der Waals surface area contributed by atoms with E-state index < -0.39 is 0 Å². The fourth-order valence-electron chi connectivity index (χ4n) is 3.20. The predicted octanol–water partition coefficient (Wildman–Crippen LogP) is 2.43. The molecule has 2 heterocycles. The quantitative estimate of drug-likeness (QED) is 0.919. The van der Waals surface area contributed by atoms with Crippen LogP contribution in [0.1, 0.15) is 24.4 Å². The van der Waals surface area contributed by atoms with E-state index in [1.807, 2.05) is 0 Å². The smallest absolute Gasteiger partial charge is 0.181 e. The molecule has 1 aromatic heterocycles. The van der Waals surface area contributed by atoms with Crippen molar-refractivity contribution in [2.24, 2.45) is 5.92 Å². The van der Waals surface area contributed by atoms with Gasteiger partial charge in [0.05, 0.1) is 0 Å². The Balaban J connectivity index is 1.93. The number of hydrogen-bond donors (Lipinski definition) is 1. The van der Waals surface area contributed by atoms with Crippen LogP contribution in [-0.2, 0) is 0 Å². The zero-order valence-corrected chi connectivity index (χ0v) is 11.6. The highest BCUT2D eigenvalue weighted by molar-refractivity contribution is 5.72. The number of oxazole rings is 1. The number of benzene rings is 1. The lowest BCUT2D eigenvalue weighted by Crippen LogP contribution is -2.38. The van der Waals surface area contributed by atoms with Gasteiger partial charge in [-0.3, -0.25) is 0 Å². The summed E-state index contributed by atoms with van der Waals surface area (Å²) in [6.45, 7) is 2.25. The molecule has 4 nitrogen and oxygen atoms in total. The molecule has 1 saturated heterocycles. The summed E-state index contributed by atoms with van der Waals surface area (Å²) >= 11 is 0. The fraction of sp³-hybridized carbons (Fsp3) is 0.533. The van der Waals surface area contributed by atoms with Gasteiger partial charge in [-0.05, 0) is 63.6 Å². The molecule has 0 aliphatic carbocycles. The number of nitrogens with one attached hydrogen (secondary N) is 1. The Bertz CT molecular complexity index is 543. The molecule has 2 atom stereocenters. The minimum Gasteiger partial charge on any atom is -0.443 e. The minimum atomic E-state index is 0.433. The molecular weight excluding hydrogens is 238 g/mol. The first-order valence-electron chi connectivity index (χ1n) is 6.96. The van der Waals surface area contributed by atoms with Gasteiger partial charge in [0, 0.05) is 6.04 Å². The Morgan fingerprint density at radius 2 is 2.32 bits per heavy atom. The summed E-state index contributed by atoms with van der Waals surface area (Å²) < 4.78 is 5.43. The molecule has 0 radical (unpaired) electrons. The molecule has 19 heavy (non-hydrogen) atoms. The summed E-state index contributed by atoms with van der Waals surface area (Å²) in [5.41, 5.74) is 3.14. The van der Waals surface area contributed by atoms with E-state index in [-0.39, 0.29) is 0 Å². The third-order valence-electron chi connectivity index (χ3n) is 4.03. The Morgan fingerprint density at radius 3 is 3.05 bits per heavy atom. The Morgan fingerprint density at radius 1 is 1.42 bits per heavy atom. The third-order valence-corrected chi connectivity index (χ3v) is 4.03. The number of fused-ring (bicyclic) bond motifs is 1. The van der Waals surface area contributed by atoms with Crippen molar-refractivity contribution in [1.82, 2.24) is 15.2 Å². The summed E-state index contributed by atoms with van der Waals surface area (Å²) in [6.07, 6.45) is 4.06. The molecule has 2 unspecified atom stereocenters. The second kappa shape index (κ2) is 5.31. The second-order valence-corrected chi connectivity index (χ2v) is 5.59. The molecule has 1 N–H and O–H groups in total. The van der Waals surface area contributed by atoms with Gasteiger partial charge in [0.1, 0.15) is 5.52 Å². The van der Waals surface area contributed by atoms with Gasteiger partial charge in [-0.1, -0.05) is 6.07 Å². The number of piperidine rings is 1. The first kappa shape index (κ1) is 12.6. The van der Waals surface area contributed by atoms with Crippen molar-refractivity contribution < 1.29 is 4.42 Å². The monoisotopic (exact) mass is 259 g/mol. The average Bonchev–Trinajstić information content (AvgIpc) is 2.87. The lowest BCUT2D eigenvalue weighted by Gasteiger charge is -2.35. The van der Waals surface area contributed by atoms with Crippen molar-refractivity contribution in [3.63, 3.8) is 0 Å². The summed E-state index contributed by atoms with van der Waals surface area (Å²) in [4.78, 5) is 6.50. The van der Waals surface area contributed by atoms with E-state index in [9.17, 15) is 0 Å². The summed E-state index contributed by atoms with van der Waals surface area (Å²) in [7, 11) is 4.31. The summed E-state index contributed by atoms with van der Waals surface area (Å²) in [5, 5.41) is 3.51. The van der Waals surface area contributed by atoms with Crippen LogP contribution in [0.15, 0.2) is 29.0 Å². The molecule has 2 aromatic rings. The highest BCUT2D eigenvalue weighted by atomic mass is 16.3. The molecular formula is C15H21N3O. The summed E-state index contributed by atoms with van der Waals surface area (Å²) in [5.74, 6) is 0.657. The lowest BCUT2D eigenvalue weighted by atomic mass is 9.86. The van der Waals surface area contributed by atoms with Crippen LogP contribution in [0.3, 0.4) is 0 Å². The van der Waals surface area contributed by atoms with Crippen molar-refractivity contribution in [3.8, 4) is 0 Å². The molecule has 0 bridgehead atoms. The number of aromatic nitrogens is 1. The van der Waals surface area contributed by atoms with E-state index in [0.29, 0.717) is 12.0 Å². The topological polar surface area (TPSA) is 41.3 Å². The average molecular weight is 259 g/mol. The fourth-order valence-corrected chi connectivity index (χ4v) is 3.20. The van der Waals surface area contributed by atoms with Gasteiger partial charge < -0.3 is 14.6 Å². The molecule has 1 aliphatic rings. The Kier molecular flexibility index (Phi) is 3.53. The van der Waals surface area contributed by atoms with Gasteiger partial charge in [0.15, 0.2) is 12.0 Å². The predicted molar refractivity (Wildman–Crippen MR) is 76.0 cm³/mol. The van der Waals surface area contributed by atoms with Gasteiger partial charge in [0.2, 0.25) is 0 Å². The van der Waals surface area contributed by atoms with Crippen LogP contribution in [-0.4, -0.2) is 37.1 Å². The number of nitrogens with zero attached hydrogens (tertiary/aromatic N) is 2. The second-order valence-electron chi connectivity index (χ2n) is 5.59. The van der Waals surface area contributed by atoms with E-state index in [4.69, 9.17) is 4.42 Å². The van der Waals surface area contributed by atoms with Gasteiger partial charge in [-0.2, -0.15) is 0 Å². The van der Waals surface area contributed by atoms with Crippen LogP contribution in [0.2, 0.25) is 0 Å². The van der Waals surface area contributed by atoms with Crippen molar-refractivity contribution in [2.75, 3.05) is 27.2 Å². The maximum absolute atomic E-state index is 5.43. The summed E-state index contributed by atoms with van der Waals surface area (Å²) in [6, 6.07) is 6.81. The van der Waals surface area contributed by atoms with E-state index in [1.165, 1.54) is 24.8 Å². The van der Waals surface area contributed by atoms with Crippen molar-refractivity contribution in [2.45, 2.75) is 18.9 Å². The normalized spacial score (nSPS) is 21.9. The van der Waals surface area contributed by atoms with Crippen LogP contribution < -0.4 is 5.32 Å². The van der Waals surface area contributed by atoms with Crippen molar-refractivity contribution in [1.29, 1.82) is 0 Å². The van der Waals surface area contributed by atoms with Crippen LogP contribution in [0.25, 0.3) is 11.1 Å². The van der Waals surface area contributed by atoms with Crippen LogP contribution in [0.4, 0.5) is 0 Å². The zero-order chi connectivity index (χ0) is 13.2. The largest absolute Gasteiger partial charge is 0.443 e. The van der Waals surface area contributed by atoms with Crippen LogP contribution in [0, 0.1) is 5.92 Å². The molecule has 1 aliphatic heterocycles. The highest BCUT2D eigenvalue weighted by Crippen LogP contribution is 2.32. The highest BCUT2D eigenvalue weighted by Gasteiger charge is 2.27. The number of rotatable bonds is 3. The Labute approximate surface area is 113 Å². The van der Waals surface area contributed by atoms with Gasteiger partial charge in [0.25, 0.3) is 0 Å². The van der Waals surface area contributed by atoms with Gasteiger partial charge >= 0.3 is 0 Å². The zero-order valence-electron chi connectivity index (χ0n) is 11.6. The SMILES string of the molecule is CN(C)C(c1ccc2ncoc2c1)C1CCCNC1. The van der Waals surface area contributed by atoms with Gasteiger partial charge in [-0.15, -0.1) is 0 Å². The van der Waals surface area contributed by atoms with Crippen molar-refractivity contribution >= 4 is 11.1 Å². The van der Waals surface area contributed by atoms with E-state index in [0.717, 1.165) is 24.2 Å². The van der Waals surface area contributed by atoms with Crippen LogP contribution >= 0.6 is 0 Å². The molecule has 0 saturated carbocycles.